The van der Waals surface area contributed by atoms with Crippen molar-refractivity contribution in [1.82, 2.24) is 15.2 Å². The van der Waals surface area contributed by atoms with Gasteiger partial charge in [-0.1, -0.05) is 6.92 Å². The summed E-state index contributed by atoms with van der Waals surface area (Å²) in [5.74, 6) is 4.98. The number of nitrogens with one attached hydrogen (secondary N) is 1. The first-order chi connectivity index (χ1) is 7.91. The lowest BCUT2D eigenvalue weighted by atomic mass is 9.75. The van der Waals surface area contributed by atoms with E-state index >= 15 is 0 Å². The smallest absolute Gasteiger partial charge is 0.237 e. The van der Waals surface area contributed by atoms with Crippen LogP contribution >= 0.6 is 0 Å². The maximum atomic E-state index is 11.4. The van der Waals surface area contributed by atoms with Crippen molar-refractivity contribution in [3.63, 3.8) is 0 Å². The van der Waals surface area contributed by atoms with Gasteiger partial charge in [-0.05, 0) is 40.4 Å². The van der Waals surface area contributed by atoms with E-state index in [4.69, 9.17) is 5.84 Å². The molecule has 5 nitrogen and oxygen atoms in total. The van der Waals surface area contributed by atoms with Crippen LogP contribution in [0.15, 0.2) is 0 Å². The van der Waals surface area contributed by atoms with Gasteiger partial charge in [0, 0.05) is 24.5 Å². The van der Waals surface area contributed by atoms with Crippen LogP contribution in [-0.2, 0) is 4.79 Å². The predicted octanol–water partition coefficient (Wildman–Crippen LogP) is 0.0285. The Morgan fingerprint density at radius 1 is 1.41 bits per heavy atom. The summed E-state index contributed by atoms with van der Waals surface area (Å²) in [4.78, 5) is 15.9. The number of amides is 1. The average molecular weight is 242 g/mol. The Labute approximate surface area is 104 Å². The van der Waals surface area contributed by atoms with Gasteiger partial charge in [0.1, 0.15) is 0 Å². The van der Waals surface area contributed by atoms with Crippen molar-refractivity contribution in [2.24, 2.45) is 11.8 Å². The lowest BCUT2D eigenvalue weighted by Crippen LogP contribution is -2.57. The molecule has 1 aliphatic carbocycles. The number of carbonyl (C=O) groups is 1. The third-order valence-electron chi connectivity index (χ3n) is 3.97. The minimum atomic E-state index is -0.0932. The number of hydrogen-bond donors (Lipinski definition) is 2. The van der Waals surface area contributed by atoms with Crippen LogP contribution in [0, 0.1) is 5.92 Å². The lowest BCUT2D eigenvalue weighted by molar-refractivity contribution is -0.125. The van der Waals surface area contributed by atoms with Gasteiger partial charge in [0.15, 0.2) is 0 Å². The minimum Gasteiger partial charge on any atom is -0.304 e. The molecule has 0 aromatic heterocycles. The van der Waals surface area contributed by atoms with Crippen LogP contribution in [0.2, 0.25) is 0 Å². The zero-order valence-corrected chi connectivity index (χ0v) is 11.5. The summed E-state index contributed by atoms with van der Waals surface area (Å²) >= 11 is 0. The topological polar surface area (TPSA) is 61.6 Å². The van der Waals surface area contributed by atoms with E-state index in [2.05, 4.69) is 36.4 Å². The molecule has 0 radical (unpaired) electrons. The van der Waals surface area contributed by atoms with E-state index in [1.54, 1.807) is 0 Å². The maximum Gasteiger partial charge on any atom is 0.237 e. The Morgan fingerprint density at radius 2 is 2.00 bits per heavy atom. The van der Waals surface area contributed by atoms with Gasteiger partial charge < -0.3 is 9.80 Å². The molecule has 0 bridgehead atoms. The molecule has 0 spiro atoms. The molecule has 100 valence electrons. The highest BCUT2D eigenvalue weighted by molar-refractivity contribution is 5.77. The van der Waals surface area contributed by atoms with Gasteiger partial charge in [0.25, 0.3) is 0 Å². The minimum absolute atomic E-state index is 0.0655. The highest BCUT2D eigenvalue weighted by Gasteiger charge is 2.39. The predicted molar refractivity (Wildman–Crippen MR) is 69.3 cm³/mol. The molecule has 3 N–H and O–H groups in total. The Hall–Kier alpha value is -0.650. The summed E-state index contributed by atoms with van der Waals surface area (Å²) in [6.07, 6.45) is 3.81. The van der Waals surface area contributed by atoms with Crippen LogP contribution in [0.4, 0.5) is 0 Å². The quantitative estimate of drug-likeness (QED) is 0.392. The van der Waals surface area contributed by atoms with Gasteiger partial charge in [0.05, 0.1) is 0 Å². The molecule has 1 rings (SSSR count). The first-order valence-electron chi connectivity index (χ1n) is 6.28. The fraction of sp³-hybridized carbons (Fsp3) is 0.917. The number of hydrogen-bond acceptors (Lipinski definition) is 4. The van der Waals surface area contributed by atoms with E-state index < -0.39 is 0 Å². The second-order valence-corrected chi connectivity index (χ2v) is 5.58. The van der Waals surface area contributed by atoms with E-state index in [1.165, 1.54) is 19.3 Å². The summed E-state index contributed by atoms with van der Waals surface area (Å²) in [7, 11) is 6.36. The van der Waals surface area contributed by atoms with Crippen LogP contribution in [0.5, 0.6) is 0 Å². The molecule has 0 aliphatic heterocycles. The average Bonchev–Trinajstić information content (AvgIpc) is 2.21. The standard InChI is InChI=1S/C12H26N4O/c1-10(11(17)14-13)8-16(4)9-12(15(2)3)6-5-7-12/h10H,5-9,13H2,1-4H3,(H,14,17). The summed E-state index contributed by atoms with van der Waals surface area (Å²) in [5.41, 5.74) is 2.52. The van der Waals surface area contributed by atoms with E-state index in [1.807, 2.05) is 6.92 Å². The normalized spacial score (nSPS) is 20.2. The number of nitrogens with two attached hydrogens (primary N) is 1. The highest BCUT2D eigenvalue weighted by atomic mass is 16.2. The Morgan fingerprint density at radius 3 is 2.35 bits per heavy atom. The molecule has 0 aromatic rings. The van der Waals surface area contributed by atoms with E-state index in [9.17, 15) is 4.79 Å². The van der Waals surface area contributed by atoms with Crippen molar-refractivity contribution in [1.29, 1.82) is 0 Å². The van der Waals surface area contributed by atoms with Crippen molar-refractivity contribution in [3.05, 3.63) is 0 Å². The first-order valence-corrected chi connectivity index (χ1v) is 6.28. The molecule has 1 fully saturated rings. The van der Waals surface area contributed by atoms with Crippen LogP contribution < -0.4 is 11.3 Å². The number of nitrogens with zero attached hydrogens (tertiary/aromatic N) is 2. The fourth-order valence-electron chi connectivity index (χ4n) is 2.59. The highest BCUT2D eigenvalue weighted by Crippen LogP contribution is 2.36. The summed E-state index contributed by atoms with van der Waals surface area (Å²) in [5, 5.41) is 0. The molecule has 1 amide bonds. The Balaban J connectivity index is 2.43. The molecule has 1 atom stereocenters. The molecule has 17 heavy (non-hydrogen) atoms. The van der Waals surface area contributed by atoms with Crippen molar-refractivity contribution in [2.75, 3.05) is 34.2 Å². The monoisotopic (exact) mass is 242 g/mol. The third kappa shape index (κ3) is 3.40. The van der Waals surface area contributed by atoms with Crippen LogP contribution in [-0.4, -0.2) is 55.5 Å². The number of likely N-dealkylation sites (N-methyl/N-ethyl adjacent to an activating group) is 2. The van der Waals surface area contributed by atoms with Gasteiger partial charge in [-0.3, -0.25) is 10.2 Å². The van der Waals surface area contributed by atoms with Gasteiger partial charge in [-0.15, -0.1) is 0 Å². The van der Waals surface area contributed by atoms with Crippen molar-refractivity contribution in [3.8, 4) is 0 Å². The molecule has 0 heterocycles. The van der Waals surface area contributed by atoms with Crippen LogP contribution in [0.25, 0.3) is 0 Å². The number of hydrazine groups is 1. The van der Waals surface area contributed by atoms with Gasteiger partial charge in [0.2, 0.25) is 5.91 Å². The summed E-state index contributed by atoms with van der Waals surface area (Å²) < 4.78 is 0. The number of carbonyl (C=O) groups excluding carboxylic acids is 1. The lowest BCUT2D eigenvalue weighted by Gasteiger charge is -2.49. The van der Waals surface area contributed by atoms with Gasteiger partial charge in [-0.2, -0.15) is 0 Å². The second-order valence-electron chi connectivity index (χ2n) is 5.58. The maximum absolute atomic E-state index is 11.4. The van der Waals surface area contributed by atoms with Crippen molar-refractivity contribution in [2.45, 2.75) is 31.7 Å². The zero-order chi connectivity index (χ0) is 13.1. The molecular formula is C12H26N4O. The fourth-order valence-corrected chi connectivity index (χ4v) is 2.59. The first kappa shape index (κ1) is 14.4. The van der Waals surface area contributed by atoms with E-state index in [-0.39, 0.29) is 11.8 Å². The molecule has 0 saturated heterocycles. The van der Waals surface area contributed by atoms with Crippen molar-refractivity contribution < 1.29 is 4.79 Å². The van der Waals surface area contributed by atoms with Crippen LogP contribution in [0.3, 0.4) is 0 Å². The zero-order valence-electron chi connectivity index (χ0n) is 11.5. The Kier molecular flexibility index (Phi) is 4.91. The summed E-state index contributed by atoms with van der Waals surface area (Å²) in [6, 6.07) is 0. The number of rotatable bonds is 6. The van der Waals surface area contributed by atoms with Crippen LogP contribution in [0.1, 0.15) is 26.2 Å². The van der Waals surface area contributed by atoms with Gasteiger partial charge >= 0.3 is 0 Å². The summed E-state index contributed by atoms with van der Waals surface area (Å²) in [6.45, 7) is 3.67. The SMILES string of the molecule is CC(CN(C)CC1(N(C)C)CCC1)C(=O)NN. The molecule has 1 saturated carbocycles. The second kappa shape index (κ2) is 5.80. The molecule has 1 unspecified atom stereocenters. The molecule has 5 heteroatoms. The molecular weight excluding hydrogens is 216 g/mol. The molecule has 0 aromatic carbocycles. The third-order valence-corrected chi connectivity index (χ3v) is 3.97. The van der Waals surface area contributed by atoms with E-state index in [0.29, 0.717) is 5.54 Å². The van der Waals surface area contributed by atoms with Gasteiger partial charge in [-0.25, -0.2) is 5.84 Å². The van der Waals surface area contributed by atoms with Crippen molar-refractivity contribution >= 4 is 5.91 Å². The molecule has 1 aliphatic rings. The Bertz CT molecular complexity index is 263. The van der Waals surface area contributed by atoms with E-state index in [0.717, 1.165) is 13.1 Å². The largest absolute Gasteiger partial charge is 0.304 e.